The van der Waals surface area contributed by atoms with Gasteiger partial charge < -0.3 is 14.5 Å². The Kier molecular flexibility index (Phi) is 4.80. The molecule has 25 heavy (non-hydrogen) atoms. The van der Waals surface area contributed by atoms with E-state index in [1.807, 2.05) is 49.3 Å². The molecule has 128 valence electrons. The predicted octanol–water partition coefficient (Wildman–Crippen LogP) is 1.71. The van der Waals surface area contributed by atoms with Crippen molar-refractivity contribution in [3.63, 3.8) is 0 Å². The topological polar surface area (TPSA) is 82.3 Å². The summed E-state index contributed by atoms with van der Waals surface area (Å²) in [5.41, 5.74) is 1.80. The van der Waals surface area contributed by atoms with Gasteiger partial charge >= 0.3 is 0 Å². The number of hydrogen-bond acceptors (Lipinski definition) is 6. The first-order valence-corrected chi connectivity index (χ1v) is 8.03. The maximum absolute atomic E-state index is 12.7. The van der Waals surface area contributed by atoms with Gasteiger partial charge in [-0.25, -0.2) is 9.97 Å². The van der Waals surface area contributed by atoms with E-state index in [2.05, 4.69) is 9.97 Å². The van der Waals surface area contributed by atoms with Crippen molar-refractivity contribution >= 4 is 11.6 Å². The van der Waals surface area contributed by atoms with E-state index in [9.17, 15) is 4.79 Å². The fourth-order valence-electron chi connectivity index (χ4n) is 2.75. The van der Waals surface area contributed by atoms with Gasteiger partial charge in [0.15, 0.2) is 0 Å². The highest BCUT2D eigenvalue weighted by molar-refractivity contribution is 5.95. The summed E-state index contributed by atoms with van der Waals surface area (Å²) in [6.45, 7) is 1.07. The van der Waals surface area contributed by atoms with E-state index >= 15 is 0 Å². The number of nitriles is 1. The minimum absolute atomic E-state index is 0.0190. The molecule has 0 radical (unpaired) electrons. The van der Waals surface area contributed by atoms with E-state index in [1.165, 1.54) is 12.4 Å². The van der Waals surface area contributed by atoms with Gasteiger partial charge in [-0.15, -0.1) is 0 Å². The summed E-state index contributed by atoms with van der Waals surface area (Å²) in [4.78, 5) is 24.4. The van der Waals surface area contributed by atoms with Crippen LogP contribution in [0.3, 0.4) is 0 Å². The van der Waals surface area contributed by atoms with E-state index in [-0.39, 0.29) is 23.6 Å². The zero-order chi connectivity index (χ0) is 17.8. The lowest BCUT2D eigenvalue weighted by Crippen LogP contribution is -2.31. The number of carbonyl (C=O) groups excluding carboxylic acids is 1. The molecule has 2 heterocycles. The van der Waals surface area contributed by atoms with Crippen LogP contribution in [0.15, 0.2) is 36.7 Å². The second kappa shape index (κ2) is 7.18. The number of ether oxygens (including phenoxy) is 1. The molecule has 0 saturated carbocycles. The number of nitrogens with zero attached hydrogens (tertiary/aromatic N) is 5. The monoisotopic (exact) mass is 337 g/mol. The number of likely N-dealkylation sites (tertiary alicyclic amines) is 1. The van der Waals surface area contributed by atoms with E-state index in [4.69, 9.17) is 10.00 Å². The van der Waals surface area contributed by atoms with Gasteiger partial charge in [0.05, 0.1) is 6.54 Å². The molecule has 1 aliphatic rings. The third-order valence-corrected chi connectivity index (χ3v) is 4.09. The molecule has 3 rings (SSSR count). The summed E-state index contributed by atoms with van der Waals surface area (Å²) >= 11 is 0. The van der Waals surface area contributed by atoms with Crippen LogP contribution < -0.4 is 9.64 Å². The lowest BCUT2D eigenvalue weighted by atomic mass is 10.1. The van der Waals surface area contributed by atoms with Crippen LogP contribution in [0.2, 0.25) is 0 Å². The van der Waals surface area contributed by atoms with Crippen LogP contribution >= 0.6 is 0 Å². The molecule has 1 aliphatic heterocycles. The van der Waals surface area contributed by atoms with Crippen molar-refractivity contribution in [1.82, 2.24) is 14.9 Å². The quantitative estimate of drug-likeness (QED) is 0.845. The molecule has 1 aromatic carbocycles. The molecule has 1 amide bonds. The van der Waals surface area contributed by atoms with Crippen molar-refractivity contribution in [1.29, 1.82) is 5.26 Å². The fourth-order valence-corrected chi connectivity index (χ4v) is 2.75. The summed E-state index contributed by atoms with van der Waals surface area (Å²) in [5, 5.41) is 9.05. The lowest BCUT2D eigenvalue weighted by Gasteiger charge is -2.19. The Morgan fingerprint density at radius 3 is 2.92 bits per heavy atom. The van der Waals surface area contributed by atoms with Gasteiger partial charge in [0.25, 0.3) is 11.8 Å². The van der Waals surface area contributed by atoms with Crippen molar-refractivity contribution in [3.8, 4) is 11.9 Å². The maximum Gasteiger partial charge on any atom is 0.254 e. The Hall–Kier alpha value is -3.14. The smallest absolute Gasteiger partial charge is 0.254 e. The zero-order valence-electron chi connectivity index (χ0n) is 14.2. The average molecular weight is 337 g/mol. The fraction of sp³-hybridized carbons (Fsp3) is 0.333. The van der Waals surface area contributed by atoms with Crippen molar-refractivity contribution in [2.24, 2.45) is 0 Å². The summed E-state index contributed by atoms with van der Waals surface area (Å²) in [7, 11) is 3.88. The summed E-state index contributed by atoms with van der Waals surface area (Å²) < 4.78 is 5.78. The van der Waals surface area contributed by atoms with Gasteiger partial charge in [-0.2, -0.15) is 5.26 Å². The summed E-state index contributed by atoms with van der Waals surface area (Å²) in [6, 6.07) is 9.51. The molecule has 1 aromatic heterocycles. The molecular formula is C18H19N5O2. The zero-order valence-corrected chi connectivity index (χ0v) is 14.2. The third kappa shape index (κ3) is 3.69. The molecular weight excluding hydrogens is 318 g/mol. The molecule has 1 fully saturated rings. The van der Waals surface area contributed by atoms with Crippen LogP contribution in [0.5, 0.6) is 5.88 Å². The van der Waals surface area contributed by atoms with Gasteiger partial charge in [-0.1, -0.05) is 6.07 Å². The number of aromatic nitrogens is 2. The van der Waals surface area contributed by atoms with Crippen LogP contribution in [0, 0.1) is 11.3 Å². The van der Waals surface area contributed by atoms with Gasteiger partial charge in [0, 0.05) is 50.7 Å². The lowest BCUT2D eigenvalue weighted by molar-refractivity contribution is 0.0771. The van der Waals surface area contributed by atoms with E-state index in [1.54, 1.807) is 4.90 Å². The molecule has 0 aliphatic carbocycles. The van der Waals surface area contributed by atoms with E-state index < -0.39 is 0 Å². The Bertz CT molecular complexity index is 815. The highest BCUT2D eigenvalue weighted by atomic mass is 16.5. The van der Waals surface area contributed by atoms with Crippen LogP contribution in [-0.2, 0) is 0 Å². The van der Waals surface area contributed by atoms with E-state index in [0.717, 1.165) is 5.69 Å². The average Bonchev–Trinajstić information content (AvgIpc) is 3.10. The number of anilines is 1. The first-order chi connectivity index (χ1) is 12.1. The largest absolute Gasteiger partial charge is 0.470 e. The van der Waals surface area contributed by atoms with Crippen molar-refractivity contribution in [2.45, 2.75) is 12.5 Å². The third-order valence-electron chi connectivity index (χ3n) is 4.09. The Labute approximate surface area is 146 Å². The van der Waals surface area contributed by atoms with Crippen LogP contribution in [0.1, 0.15) is 22.5 Å². The normalized spacial score (nSPS) is 16.4. The minimum atomic E-state index is -0.190. The highest BCUT2D eigenvalue weighted by Crippen LogP contribution is 2.21. The number of hydrogen-bond donors (Lipinski definition) is 0. The summed E-state index contributed by atoms with van der Waals surface area (Å²) in [6.07, 6.45) is 3.44. The van der Waals surface area contributed by atoms with Crippen LogP contribution in [-0.4, -0.2) is 54.1 Å². The standard InChI is InChI=1S/C18H19N5O2/c1-22(2)14-5-3-4-13(10-14)18(24)23-9-6-15(12-23)25-17-16(11-19)20-7-8-21-17/h3-5,7-8,10,15H,6,9,12H2,1-2H3. The van der Waals surface area contributed by atoms with Crippen LogP contribution in [0.25, 0.3) is 0 Å². The number of amides is 1. The molecule has 2 aromatic rings. The molecule has 7 heteroatoms. The van der Waals surface area contributed by atoms with Crippen molar-refractivity contribution < 1.29 is 9.53 Å². The second-order valence-corrected chi connectivity index (χ2v) is 6.05. The number of rotatable bonds is 4. The Balaban J connectivity index is 1.67. The molecule has 0 N–H and O–H groups in total. The number of carbonyl (C=O) groups is 1. The first kappa shape index (κ1) is 16.7. The minimum Gasteiger partial charge on any atom is -0.470 e. The predicted molar refractivity (Wildman–Crippen MR) is 92.5 cm³/mol. The van der Waals surface area contributed by atoms with Crippen molar-refractivity contribution in [2.75, 3.05) is 32.1 Å². The molecule has 0 spiro atoms. The molecule has 0 bridgehead atoms. The van der Waals surface area contributed by atoms with Crippen molar-refractivity contribution in [3.05, 3.63) is 47.9 Å². The molecule has 1 saturated heterocycles. The highest BCUT2D eigenvalue weighted by Gasteiger charge is 2.29. The van der Waals surface area contributed by atoms with Gasteiger partial charge in [-0.05, 0) is 18.2 Å². The van der Waals surface area contributed by atoms with Gasteiger partial charge in [-0.3, -0.25) is 4.79 Å². The van der Waals surface area contributed by atoms with Gasteiger partial charge in [0.2, 0.25) is 5.69 Å². The number of benzene rings is 1. The molecule has 1 unspecified atom stereocenters. The summed E-state index contributed by atoms with van der Waals surface area (Å²) in [5.74, 6) is 0.202. The molecule has 1 atom stereocenters. The van der Waals surface area contributed by atoms with Gasteiger partial charge in [0.1, 0.15) is 12.2 Å². The second-order valence-electron chi connectivity index (χ2n) is 6.05. The maximum atomic E-state index is 12.7. The van der Waals surface area contributed by atoms with Crippen LogP contribution in [0.4, 0.5) is 5.69 Å². The Morgan fingerprint density at radius 1 is 1.36 bits per heavy atom. The SMILES string of the molecule is CN(C)c1cccc(C(=O)N2CCC(Oc3nccnc3C#N)C2)c1. The van der Waals surface area contributed by atoms with E-state index in [0.29, 0.717) is 25.1 Å². The molecule has 7 nitrogen and oxygen atoms in total. The first-order valence-electron chi connectivity index (χ1n) is 8.03. The Morgan fingerprint density at radius 2 is 2.16 bits per heavy atom.